The Bertz CT molecular complexity index is 455. The Morgan fingerprint density at radius 2 is 2.07 bits per heavy atom. The summed E-state index contributed by atoms with van der Waals surface area (Å²) < 4.78 is 2.32. The zero-order valence-corrected chi connectivity index (χ0v) is 9.40. The van der Waals surface area contributed by atoms with Crippen LogP contribution in [0.15, 0.2) is 30.5 Å². The second-order valence-electron chi connectivity index (χ2n) is 4.21. The Kier molecular flexibility index (Phi) is 2.78. The van der Waals surface area contributed by atoms with Crippen molar-refractivity contribution < 1.29 is 0 Å². The van der Waals surface area contributed by atoms with Gasteiger partial charge in [0.15, 0.2) is 0 Å². The molecule has 2 nitrogen and oxygen atoms in total. The number of benzene rings is 1. The van der Waals surface area contributed by atoms with E-state index in [-0.39, 0.29) is 0 Å². The van der Waals surface area contributed by atoms with Gasteiger partial charge in [-0.2, -0.15) is 0 Å². The molecule has 80 valence electrons. The maximum absolute atomic E-state index is 5.64. The zero-order chi connectivity index (χ0) is 10.8. The Balaban J connectivity index is 2.63. The lowest BCUT2D eigenvalue weighted by Crippen LogP contribution is -2.06. The molecule has 0 aliphatic carbocycles. The molecule has 0 bridgehead atoms. The highest BCUT2D eigenvalue weighted by atomic mass is 15.0. The summed E-state index contributed by atoms with van der Waals surface area (Å²) in [4.78, 5) is 0. The summed E-state index contributed by atoms with van der Waals surface area (Å²) >= 11 is 0. The van der Waals surface area contributed by atoms with Crippen molar-refractivity contribution in [2.75, 3.05) is 6.54 Å². The Hall–Kier alpha value is -1.28. The molecule has 0 saturated heterocycles. The minimum absolute atomic E-state index is 0.501. The standard InChI is InChI=1S/C13H18N2/c1-10(2)15-9-7-12-5-3-4-11(6-8-14)13(12)15/h3-5,7,9-10H,6,8,14H2,1-2H3. The SMILES string of the molecule is CC(C)n1ccc2cccc(CCN)c21. The monoisotopic (exact) mass is 202 g/mol. The van der Waals surface area contributed by atoms with E-state index in [1.165, 1.54) is 16.5 Å². The molecule has 1 heterocycles. The van der Waals surface area contributed by atoms with Gasteiger partial charge in [0.2, 0.25) is 0 Å². The summed E-state index contributed by atoms with van der Waals surface area (Å²) in [6, 6.07) is 9.12. The van der Waals surface area contributed by atoms with Crippen molar-refractivity contribution in [1.29, 1.82) is 0 Å². The summed E-state index contributed by atoms with van der Waals surface area (Å²) in [5.41, 5.74) is 8.34. The second-order valence-corrected chi connectivity index (χ2v) is 4.21. The van der Waals surface area contributed by atoms with Gasteiger partial charge in [-0.1, -0.05) is 18.2 Å². The lowest BCUT2D eigenvalue weighted by molar-refractivity contribution is 0.621. The first-order valence-electron chi connectivity index (χ1n) is 5.52. The molecule has 0 saturated carbocycles. The minimum Gasteiger partial charge on any atom is -0.345 e. The van der Waals surface area contributed by atoms with Crippen molar-refractivity contribution in [3.63, 3.8) is 0 Å². The lowest BCUT2D eigenvalue weighted by atomic mass is 10.1. The van der Waals surface area contributed by atoms with E-state index in [1.54, 1.807) is 0 Å². The average Bonchev–Trinajstić information content (AvgIpc) is 2.62. The third-order valence-electron chi connectivity index (χ3n) is 2.79. The van der Waals surface area contributed by atoms with Crippen LogP contribution in [0, 0.1) is 0 Å². The first-order valence-corrected chi connectivity index (χ1v) is 5.52. The molecule has 0 spiro atoms. The van der Waals surface area contributed by atoms with Crippen LogP contribution in [0.25, 0.3) is 10.9 Å². The third-order valence-corrected chi connectivity index (χ3v) is 2.79. The molecule has 0 unspecified atom stereocenters. The Labute approximate surface area is 90.7 Å². The fourth-order valence-electron chi connectivity index (χ4n) is 2.08. The molecule has 1 aromatic carbocycles. The lowest BCUT2D eigenvalue weighted by Gasteiger charge is -2.12. The first kappa shape index (κ1) is 10.2. The molecule has 0 aliphatic heterocycles. The van der Waals surface area contributed by atoms with Crippen LogP contribution < -0.4 is 5.73 Å². The maximum Gasteiger partial charge on any atom is 0.0515 e. The molecule has 0 atom stereocenters. The molecule has 1 aromatic heterocycles. The fourth-order valence-corrected chi connectivity index (χ4v) is 2.08. The van der Waals surface area contributed by atoms with Crippen molar-refractivity contribution in [1.82, 2.24) is 4.57 Å². The number of hydrogen-bond acceptors (Lipinski definition) is 1. The van der Waals surface area contributed by atoms with Gasteiger partial charge in [0.25, 0.3) is 0 Å². The van der Waals surface area contributed by atoms with Crippen LogP contribution in [-0.4, -0.2) is 11.1 Å². The van der Waals surface area contributed by atoms with Gasteiger partial charge in [-0.05, 0) is 43.8 Å². The van der Waals surface area contributed by atoms with Crippen molar-refractivity contribution in [3.8, 4) is 0 Å². The van der Waals surface area contributed by atoms with E-state index in [2.05, 4.69) is 48.9 Å². The van der Waals surface area contributed by atoms with E-state index in [4.69, 9.17) is 5.73 Å². The highest BCUT2D eigenvalue weighted by molar-refractivity contribution is 5.83. The molecular formula is C13H18N2. The molecular weight excluding hydrogens is 184 g/mol. The van der Waals surface area contributed by atoms with Gasteiger partial charge >= 0.3 is 0 Å². The van der Waals surface area contributed by atoms with Gasteiger partial charge in [0.1, 0.15) is 0 Å². The first-order chi connectivity index (χ1) is 7.24. The van der Waals surface area contributed by atoms with Gasteiger partial charge in [-0.3, -0.25) is 0 Å². The predicted molar refractivity (Wildman–Crippen MR) is 65.1 cm³/mol. The smallest absolute Gasteiger partial charge is 0.0515 e. The van der Waals surface area contributed by atoms with Crippen LogP contribution in [-0.2, 0) is 6.42 Å². The van der Waals surface area contributed by atoms with Crippen LogP contribution in [0.4, 0.5) is 0 Å². The zero-order valence-electron chi connectivity index (χ0n) is 9.40. The van der Waals surface area contributed by atoms with Crippen LogP contribution in [0.3, 0.4) is 0 Å². The molecule has 2 rings (SSSR count). The van der Waals surface area contributed by atoms with E-state index in [0.717, 1.165) is 6.42 Å². The minimum atomic E-state index is 0.501. The Morgan fingerprint density at radius 3 is 2.73 bits per heavy atom. The van der Waals surface area contributed by atoms with Gasteiger partial charge in [0, 0.05) is 12.2 Å². The largest absolute Gasteiger partial charge is 0.345 e. The number of fused-ring (bicyclic) bond motifs is 1. The van der Waals surface area contributed by atoms with Crippen LogP contribution in [0.2, 0.25) is 0 Å². The van der Waals surface area contributed by atoms with E-state index < -0.39 is 0 Å². The number of hydrogen-bond donors (Lipinski definition) is 1. The molecule has 2 heteroatoms. The average molecular weight is 202 g/mol. The number of nitrogens with zero attached hydrogens (tertiary/aromatic N) is 1. The molecule has 0 amide bonds. The molecule has 15 heavy (non-hydrogen) atoms. The molecule has 2 N–H and O–H groups in total. The van der Waals surface area contributed by atoms with Crippen molar-refractivity contribution in [3.05, 3.63) is 36.0 Å². The summed E-state index contributed by atoms with van der Waals surface area (Å²) in [5.74, 6) is 0. The number of para-hydroxylation sites is 1. The van der Waals surface area contributed by atoms with Gasteiger partial charge in [-0.15, -0.1) is 0 Å². The normalized spacial score (nSPS) is 11.5. The van der Waals surface area contributed by atoms with Crippen molar-refractivity contribution in [2.24, 2.45) is 5.73 Å². The summed E-state index contributed by atoms with van der Waals surface area (Å²) in [6.45, 7) is 5.12. The summed E-state index contributed by atoms with van der Waals surface area (Å²) in [7, 11) is 0. The Morgan fingerprint density at radius 1 is 1.27 bits per heavy atom. The van der Waals surface area contributed by atoms with E-state index in [1.807, 2.05) is 0 Å². The second kappa shape index (κ2) is 4.07. The highest BCUT2D eigenvalue weighted by Gasteiger charge is 2.07. The third kappa shape index (κ3) is 1.77. The van der Waals surface area contributed by atoms with Gasteiger partial charge < -0.3 is 10.3 Å². The van der Waals surface area contributed by atoms with Crippen molar-refractivity contribution in [2.45, 2.75) is 26.3 Å². The summed E-state index contributed by atoms with van der Waals surface area (Å²) in [5, 5.41) is 1.31. The predicted octanol–water partition coefficient (Wildman–Crippen LogP) is 2.72. The highest BCUT2D eigenvalue weighted by Crippen LogP contribution is 2.23. The van der Waals surface area contributed by atoms with Crippen LogP contribution in [0.1, 0.15) is 25.5 Å². The van der Waals surface area contributed by atoms with E-state index in [9.17, 15) is 0 Å². The fraction of sp³-hybridized carbons (Fsp3) is 0.385. The molecule has 0 fully saturated rings. The van der Waals surface area contributed by atoms with Crippen molar-refractivity contribution >= 4 is 10.9 Å². The quantitative estimate of drug-likeness (QED) is 0.815. The summed E-state index contributed by atoms with van der Waals surface area (Å²) in [6.07, 6.45) is 3.11. The van der Waals surface area contributed by atoms with E-state index >= 15 is 0 Å². The van der Waals surface area contributed by atoms with E-state index in [0.29, 0.717) is 12.6 Å². The number of aromatic nitrogens is 1. The molecule has 0 radical (unpaired) electrons. The number of rotatable bonds is 3. The number of nitrogens with two attached hydrogens (primary N) is 1. The molecule has 0 aliphatic rings. The topological polar surface area (TPSA) is 30.9 Å². The van der Waals surface area contributed by atoms with Crippen LogP contribution in [0.5, 0.6) is 0 Å². The van der Waals surface area contributed by atoms with Gasteiger partial charge in [-0.25, -0.2) is 0 Å². The maximum atomic E-state index is 5.64. The molecule has 2 aromatic rings. The van der Waals surface area contributed by atoms with Crippen LogP contribution >= 0.6 is 0 Å². The van der Waals surface area contributed by atoms with Gasteiger partial charge in [0.05, 0.1) is 5.52 Å².